The number of fused-ring (bicyclic) bond motifs is 6. The van der Waals surface area contributed by atoms with Crippen LogP contribution in [0, 0.1) is 11.8 Å². The maximum atomic E-state index is 5.67. The van der Waals surface area contributed by atoms with Gasteiger partial charge in [-0.25, -0.2) is 0 Å². The first kappa shape index (κ1) is 23.7. The SMILES string of the molecule is CCC1CN2CCc3c([nH]c4ccc(OC)cc34)[C@@H]2C[C@@H]1CC1NCCc2cc(OC)c(OC)cc21. The van der Waals surface area contributed by atoms with Crippen LogP contribution >= 0.6 is 0 Å². The normalized spacial score (nSPS) is 25.7. The molecule has 0 bridgehead atoms. The highest BCUT2D eigenvalue weighted by Crippen LogP contribution is 2.47. The Balaban J connectivity index is 1.30. The van der Waals surface area contributed by atoms with Gasteiger partial charge in [0.1, 0.15) is 5.75 Å². The minimum Gasteiger partial charge on any atom is -0.497 e. The Labute approximate surface area is 214 Å². The van der Waals surface area contributed by atoms with Gasteiger partial charge in [0.05, 0.1) is 27.4 Å². The lowest BCUT2D eigenvalue weighted by Gasteiger charge is -2.47. The number of ether oxygens (including phenoxy) is 3. The highest BCUT2D eigenvalue weighted by atomic mass is 16.5. The van der Waals surface area contributed by atoms with E-state index < -0.39 is 0 Å². The van der Waals surface area contributed by atoms with E-state index in [1.807, 2.05) is 0 Å². The molecule has 2 N–H and O–H groups in total. The van der Waals surface area contributed by atoms with Crippen LogP contribution in [0.4, 0.5) is 0 Å². The lowest BCUT2D eigenvalue weighted by atomic mass is 9.73. The first-order valence-corrected chi connectivity index (χ1v) is 13.5. The van der Waals surface area contributed by atoms with Crippen LogP contribution in [-0.4, -0.2) is 50.8 Å². The average molecular weight is 490 g/mol. The molecule has 4 heterocycles. The molecule has 4 atom stereocenters. The van der Waals surface area contributed by atoms with Crippen molar-refractivity contribution in [2.24, 2.45) is 11.8 Å². The van der Waals surface area contributed by atoms with Crippen molar-refractivity contribution in [1.29, 1.82) is 0 Å². The van der Waals surface area contributed by atoms with Crippen molar-refractivity contribution >= 4 is 10.9 Å². The number of rotatable bonds is 6. The number of piperidine rings is 1. The first-order valence-electron chi connectivity index (χ1n) is 13.5. The summed E-state index contributed by atoms with van der Waals surface area (Å²) < 4.78 is 16.8. The highest BCUT2D eigenvalue weighted by molar-refractivity contribution is 5.86. The lowest BCUT2D eigenvalue weighted by molar-refractivity contribution is 0.0421. The molecule has 2 unspecified atom stereocenters. The number of hydrogen-bond acceptors (Lipinski definition) is 5. The van der Waals surface area contributed by atoms with E-state index in [2.05, 4.69) is 52.5 Å². The third-order valence-corrected chi connectivity index (χ3v) is 9.10. The zero-order valence-corrected chi connectivity index (χ0v) is 22.0. The molecule has 1 fully saturated rings. The van der Waals surface area contributed by atoms with Crippen molar-refractivity contribution < 1.29 is 14.2 Å². The Kier molecular flexibility index (Phi) is 6.34. The van der Waals surface area contributed by atoms with Crippen LogP contribution in [0.5, 0.6) is 17.2 Å². The molecular formula is C30H39N3O3. The predicted molar refractivity (Wildman–Crippen MR) is 143 cm³/mol. The van der Waals surface area contributed by atoms with E-state index in [4.69, 9.17) is 14.2 Å². The van der Waals surface area contributed by atoms with Crippen LogP contribution in [0.2, 0.25) is 0 Å². The summed E-state index contributed by atoms with van der Waals surface area (Å²) in [5.41, 5.74) is 6.95. The van der Waals surface area contributed by atoms with E-state index >= 15 is 0 Å². The highest BCUT2D eigenvalue weighted by Gasteiger charge is 2.40. The molecule has 3 aliphatic heterocycles. The molecule has 6 nitrogen and oxygen atoms in total. The van der Waals surface area contributed by atoms with E-state index in [9.17, 15) is 0 Å². The molecule has 1 saturated heterocycles. The Hall–Kier alpha value is -2.70. The topological polar surface area (TPSA) is 58.8 Å². The molecule has 3 aliphatic rings. The Morgan fingerprint density at radius 1 is 0.972 bits per heavy atom. The van der Waals surface area contributed by atoms with Crippen molar-refractivity contribution in [3.05, 3.63) is 52.7 Å². The zero-order valence-electron chi connectivity index (χ0n) is 22.0. The van der Waals surface area contributed by atoms with Crippen molar-refractivity contribution in [3.8, 4) is 17.2 Å². The van der Waals surface area contributed by atoms with Crippen LogP contribution in [0.25, 0.3) is 10.9 Å². The van der Waals surface area contributed by atoms with Gasteiger partial charge in [0.2, 0.25) is 0 Å². The van der Waals surface area contributed by atoms with Crippen LogP contribution in [0.3, 0.4) is 0 Å². The van der Waals surface area contributed by atoms with Gasteiger partial charge < -0.3 is 24.5 Å². The Morgan fingerprint density at radius 3 is 2.58 bits per heavy atom. The molecule has 0 aliphatic carbocycles. The first-order chi connectivity index (χ1) is 17.6. The molecule has 2 aromatic carbocycles. The number of H-pyrrole nitrogens is 1. The van der Waals surface area contributed by atoms with Crippen molar-refractivity contribution in [2.75, 3.05) is 41.0 Å². The van der Waals surface area contributed by atoms with Gasteiger partial charge in [-0.15, -0.1) is 0 Å². The van der Waals surface area contributed by atoms with Gasteiger partial charge in [-0.05, 0) is 91.1 Å². The fourth-order valence-electron chi connectivity index (χ4n) is 7.17. The number of nitrogens with zero attached hydrogens (tertiary/aromatic N) is 1. The second-order valence-electron chi connectivity index (χ2n) is 10.8. The molecular weight excluding hydrogens is 450 g/mol. The summed E-state index contributed by atoms with van der Waals surface area (Å²) in [4.78, 5) is 6.57. The standard InChI is InChI=1S/C30H39N3O3/c1-5-18-17-33-11-9-22-24-15-21(34-2)6-7-25(24)32-30(22)27(33)13-20(18)12-26-23-16-29(36-4)28(35-3)14-19(23)8-10-31-26/h6-7,14-16,18,20,26-27,31-32H,5,8-13,17H2,1-4H3/t18?,20-,26?,27-/m0/s1. The number of aromatic amines is 1. The molecule has 192 valence electrons. The summed E-state index contributed by atoms with van der Waals surface area (Å²) in [5, 5.41) is 5.18. The summed E-state index contributed by atoms with van der Waals surface area (Å²) in [6.07, 6.45) is 5.74. The number of aromatic nitrogens is 1. The minimum absolute atomic E-state index is 0.356. The largest absolute Gasteiger partial charge is 0.497 e. The van der Waals surface area contributed by atoms with Gasteiger partial charge in [0, 0.05) is 35.7 Å². The van der Waals surface area contributed by atoms with E-state index in [0.29, 0.717) is 18.0 Å². The van der Waals surface area contributed by atoms with Gasteiger partial charge >= 0.3 is 0 Å². The van der Waals surface area contributed by atoms with Crippen LogP contribution in [-0.2, 0) is 12.8 Å². The molecule has 6 rings (SSSR count). The van der Waals surface area contributed by atoms with Gasteiger partial charge in [-0.3, -0.25) is 4.90 Å². The molecule has 6 heteroatoms. The summed E-state index contributed by atoms with van der Waals surface area (Å²) in [7, 11) is 5.21. The van der Waals surface area contributed by atoms with E-state index in [1.54, 1.807) is 21.3 Å². The molecule has 0 saturated carbocycles. The van der Waals surface area contributed by atoms with E-state index in [-0.39, 0.29) is 0 Å². The summed E-state index contributed by atoms with van der Waals surface area (Å²) in [6, 6.07) is 11.7. The molecule has 0 amide bonds. The number of methoxy groups -OCH3 is 3. The van der Waals surface area contributed by atoms with E-state index in [0.717, 1.165) is 55.5 Å². The summed E-state index contributed by atoms with van der Waals surface area (Å²) in [5.74, 6) is 3.99. The van der Waals surface area contributed by atoms with Gasteiger partial charge in [-0.1, -0.05) is 13.3 Å². The zero-order chi connectivity index (χ0) is 24.8. The molecule has 0 spiro atoms. The quantitative estimate of drug-likeness (QED) is 0.485. The van der Waals surface area contributed by atoms with Crippen LogP contribution in [0.1, 0.15) is 60.7 Å². The number of nitrogens with one attached hydrogen (secondary N) is 2. The molecule has 0 radical (unpaired) electrons. The van der Waals surface area contributed by atoms with Gasteiger partial charge in [0.25, 0.3) is 0 Å². The second kappa shape index (κ2) is 9.64. The van der Waals surface area contributed by atoms with Crippen LogP contribution < -0.4 is 19.5 Å². The van der Waals surface area contributed by atoms with Crippen molar-refractivity contribution in [3.63, 3.8) is 0 Å². The maximum absolute atomic E-state index is 5.67. The molecule has 1 aromatic heterocycles. The van der Waals surface area contributed by atoms with Crippen molar-refractivity contribution in [2.45, 2.75) is 51.1 Å². The average Bonchev–Trinajstić information content (AvgIpc) is 3.30. The predicted octanol–water partition coefficient (Wildman–Crippen LogP) is 5.42. The van der Waals surface area contributed by atoms with Crippen LogP contribution in [0.15, 0.2) is 30.3 Å². The van der Waals surface area contributed by atoms with Gasteiger partial charge in [-0.2, -0.15) is 0 Å². The molecule has 3 aromatic rings. The monoisotopic (exact) mass is 489 g/mol. The Bertz CT molecular complexity index is 1250. The third-order valence-electron chi connectivity index (χ3n) is 9.10. The van der Waals surface area contributed by atoms with Crippen molar-refractivity contribution in [1.82, 2.24) is 15.2 Å². The van der Waals surface area contributed by atoms with Gasteiger partial charge in [0.15, 0.2) is 11.5 Å². The number of hydrogen-bond donors (Lipinski definition) is 2. The Morgan fingerprint density at radius 2 is 1.81 bits per heavy atom. The third kappa shape index (κ3) is 3.95. The minimum atomic E-state index is 0.356. The van der Waals surface area contributed by atoms with E-state index in [1.165, 1.54) is 52.7 Å². The maximum Gasteiger partial charge on any atom is 0.161 e. The fraction of sp³-hybridized carbons (Fsp3) is 0.533. The number of benzene rings is 2. The second-order valence-corrected chi connectivity index (χ2v) is 10.8. The lowest BCUT2D eigenvalue weighted by Crippen LogP contribution is -2.46. The molecule has 36 heavy (non-hydrogen) atoms. The summed E-state index contributed by atoms with van der Waals surface area (Å²) >= 11 is 0. The smallest absolute Gasteiger partial charge is 0.161 e. The summed E-state index contributed by atoms with van der Waals surface area (Å²) in [6.45, 7) is 5.72. The fourth-order valence-corrected chi connectivity index (χ4v) is 7.17.